The van der Waals surface area contributed by atoms with Crippen LogP contribution >= 0.6 is 11.6 Å². The summed E-state index contributed by atoms with van der Waals surface area (Å²) in [6.45, 7) is 3.76. The molecule has 2 aromatic heterocycles. The van der Waals surface area contributed by atoms with E-state index in [-0.39, 0.29) is 22.8 Å². The minimum absolute atomic E-state index is 0.0388. The van der Waals surface area contributed by atoms with Crippen LogP contribution in [0.3, 0.4) is 0 Å². The van der Waals surface area contributed by atoms with Gasteiger partial charge in [-0.25, -0.2) is 4.98 Å². The zero-order valence-corrected chi connectivity index (χ0v) is 11.3. The van der Waals surface area contributed by atoms with E-state index in [1.165, 1.54) is 12.3 Å². The molecule has 1 amide bonds. The summed E-state index contributed by atoms with van der Waals surface area (Å²) in [5, 5.41) is 2.74. The number of rotatable bonds is 4. The van der Waals surface area contributed by atoms with Crippen LogP contribution in [0.4, 0.5) is 5.69 Å². The number of aromatic nitrogens is 1. The molecule has 19 heavy (non-hydrogen) atoms. The van der Waals surface area contributed by atoms with Gasteiger partial charge in [0.2, 0.25) is 11.1 Å². The second kappa shape index (κ2) is 5.75. The lowest BCUT2D eigenvalue weighted by Gasteiger charge is -2.13. The van der Waals surface area contributed by atoms with Crippen molar-refractivity contribution in [1.82, 2.24) is 4.98 Å². The Morgan fingerprint density at radius 3 is 2.89 bits per heavy atom. The number of hydrogen-bond acceptors (Lipinski definition) is 4. The molecule has 100 valence electrons. The molecule has 0 aliphatic heterocycles. The van der Waals surface area contributed by atoms with E-state index in [0.717, 1.165) is 0 Å². The van der Waals surface area contributed by atoms with Crippen molar-refractivity contribution in [2.45, 2.75) is 20.0 Å². The van der Waals surface area contributed by atoms with Crippen LogP contribution in [0.25, 0.3) is 0 Å². The van der Waals surface area contributed by atoms with Gasteiger partial charge in [-0.05, 0) is 43.6 Å². The summed E-state index contributed by atoms with van der Waals surface area (Å²) in [5.41, 5.74) is 0.750. The van der Waals surface area contributed by atoms with Gasteiger partial charge in [-0.1, -0.05) is 0 Å². The standard InChI is InChI=1S/C13H13ClN2O3/c1-8(2)19-13-10(4-3-6-15-13)16-12(17)9-5-7-18-11(9)14/h3-8H,1-2H3,(H,16,17). The van der Waals surface area contributed by atoms with Crippen molar-refractivity contribution in [3.05, 3.63) is 41.4 Å². The topological polar surface area (TPSA) is 64.4 Å². The molecule has 0 aliphatic rings. The molecule has 0 aromatic carbocycles. The van der Waals surface area contributed by atoms with E-state index in [2.05, 4.69) is 10.3 Å². The summed E-state index contributed by atoms with van der Waals surface area (Å²) >= 11 is 5.75. The lowest BCUT2D eigenvalue weighted by Crippen LogP contribution is -2.15. The first-order chi connectivity index (χ1) is 9.08. The summed E-state index contributed by atoms with van der Waals surface area (Å²) in [5.74, 6) is -0.00850. The first kappa shape index (κ1) is 13.4. The van der Waals surface area contributed by atoms with Crippen molar-refractivity contribution in [2.75, 3.05) is 5.32 Å². The number of amides is 1. The Hall–Kier alpha value is -2.01. The van der Waals surface area contributed by atoms with Crippen molar-refractivity contribution in [2.24, 2.45) is 0 Å². The predicted octanol–water partition coefficient (Wildman–Crippen LogP) is 3.37. The van der Waals surface area contributed by atoms with Gasteiger partial charge in [0.15, 0.2) is 0 Å². The summed E-state index contributed by atoms with van der Waals surface area (Å²) in [7, 11) is 0. The van der Waals surface area contributed by atoms with E-state index < -0.39 is 0 Å². The first-order valence-electron chi connectivity index (χ1n) is 5.74. The lowest BCUT2D eigenvalue weighted by atomic mass is 10.3. The highest BCUT2D eigenvalue weighted by molar-refractivity contribution is 6.32. The molecule has 1 N–H and O–H groups in total. The maximum atomic E-state index is 12.0. The molecule has 0 saturated heterocycles. The van der Waals surface area contributed by atoms with Crippen LogP contribution in [0.15, 0.2) is 35.1 Å². The molecule has 6 heteroatoms. The van der Waals surface area contributed by atoms with Crippen LogP contribution in [0.2, 0.25) is 5.22 Å². The molecule has 0 unspecified atom stereocenters. The highest BCUT2D eigenvalue weighted by Gasteiger charge is 2.15. The number of furan rings is 1. The second-order valence-electron chi connectivity index (χ2n) is 4.08. The predicted molar refractivity (Wildman–Crippen MR) is 71.7 cm³/mol. The Morgan fingerprint density at radius 1 is 1.47 bits per heavy atom. The fourth-order valence-corrected chi connectivity index (χ4v) is 1.65. The summed E-state index contributed by atoms with van der Waals surface area (Å²) in [4.78, 5) is 16.1. The summed E-state index contributed by atoms with van der Waals surface area (Å²) < 4.78 is 10.4. The molecule has 0 bridgehead atoms. The zero-order chi connectivity index (χ0) is 13.8. The van der Waals surface area contributed by atoms with Gasteiger partial charge in [0.1, 0.15) is 5.69 Å². The fraction of sp³-hybridized carbons (Fsp3) is 0.231. The van der Waals surface area contributed by atoms with Crippen LogP contribution in [-0.2, 0) is 0 Å². The van der Waals surface area contributed by atoms with E-state index in [0.29, 0.717) is 11.6 Å². The minimum Gasteiger partial charge on any atom is -0.473 e. The maximum absolute atomic E-state index is 12.0. The molecule has 0 fully saturated rings. The number of pyridine rings is 1. The van der Waals surface area contributed by atoms with Gasteiger partial charge in [0.05, 0.1) is 17.9 Å². The largest absolute Gasteiger partial charge is 0.473 e. The molecular formula is C13H13ClN2O3. The number of nitrogens with one attached hydrogen (secondary N) is 1. The summed E-state index contributed by atoms with van der Waals surface area (Å²) in [6, 6.07) is 4.91. The summed E-state index contributed by atoms with van der Waals surface area (Å²) in [6.07, 6.45) is 2.91. The van der Waals surface area contributed by atoms with E-state index in [1.54, 1.807) is 18.3 Å². The zero-order valence-electron chi connectivity index (χ0n) is 10.5. The molecular weight excluding hydrogens is 268 g/mol. The van der Waals surface area contributed by atoms with Gasteiger partial charge < -0.3 is 14.5 Å². The molecule has 5 nitrogen and oxygen atoms in total. The van der Waals surface area contributed by atoms with Crippen LogP contribution in [0.5, 0.6) is 5.88 Å². The van der Waals surface area contributed by atoms with Crippen LogP contribution in [-0.4, -0.2) is 17.0 Å². The van der Waals surface area contributed by atoms with Crippen LogP contribution in [0, 0.1) is 0 Å². The Balaban J connectivity index is 2.19. The van der Waals surface area contributed by atoms with E-state index in [1.807, 2.05) is 13.8 Å². The second-order valence-corrected chi connectivity index (χ2v) is 4.43. The number of anilines is 1. The third-order valence-electron chi connectivity index (χ3n) is 2.23. The van der Waals surface area contributed by atoms with Crippen LogP contribution < -0.4 is 10.1 Å². The number of carbonyl (C=O) groups excluding carboxylic acids is 1. The molecule has 0 saturated carbocycles. The van der Waals surface area contributed by atoms with E-state index >= 15 is 0 Å². The number of halogens is 1. The Kier molecular flexibility index (Phi) is 4.06. The maximum Gasteiger partial charge on any atom is 0.260 e. The quantitative estimate of drug-likeness (QED) is 0.932. The van der Waals surface area contributed by atoms with Gasteiger partial charge >= 0.3 is 0 Å². The number of hydrogen-bond donors (Lipinski definition) is 1. The van der Waals surface area contributed by atoms with Gasteiger partial charge in [0.25, 0.3) is 5.91 Å². The third-order valence-corrected chi connectivity index (χ3v) is 2.52. The number of ether oxygens (including phenoxy) is 1. The van der Waals surface area contributed by atoms with Gasteiger partial charge in [0, 0.05) is 6.20 Å². The fourth-order valence-electron chi connectivity index (χ4n) is 1.45. The molecule has 2 heterocycles. The molecule has 0 radical (unpaired) electrons. The van der Waals surface area contributed by atoms with E-state index in [9.17, 15) is 4.79 Å². The van der Waals surface area contributed by atoms with E-state index in [4.69, 9.17) is 20.8 Å². The smallest absolute Gasteiger partial charge is 0.260 e. The molecule has 2 rings (SSSR count). The van der Waals surface area contributed by atoms with Crippen molar-refractivity contribution in [3.8, 4) is 5.88 Å². The SMILES string of the molecule is CC(C)Oc1ncccc1NC(=O)c1ccoc1Cl. The lowest BCUT2D eigenvalue weighted by molar-refractivity contribution is 0.102. The number of carbonyl (C=O) groups is 1. The molecule has 2 aromatic rings. The average molecular weight is 281 g/mol. The van der Waals surface area contributed by atoms with Gasteiger partial charge in [-0.2, -0.15) is 0 Å². The Morgan fingerprint density at radius 2 is 2.26 bits per heavy atom. The van der Waals surface area contributed by atoms with Gasteiger partial charge in [-0.15, -0.1) is 0 Å². The molecule has 0 aliphatic carbocycles. The minimum atomic E-state index is -0.375. The number of nitrogens with zero attached hydrogens (tertiary/aromatic N) is 1. The Labute approximate surface area is 115 Å². The average Bonchev–Trinajstić information content (AvgIpc) is 2.77. The first-order valence-corrected chi connectivity index (χ1v) is 6.11. The Bertz CT molecular complexity index is 581. The van der Waals surface area contributed by atoms with Crippen molar-refractivity contribution < 1.29 is 13.9 Å². The van der Waals surface area contributed by atoms with Crippen molar-refractivity contribution >= 4 is 23.2 Å². The monoisotopic (exact) mass is 280 g/mol. The molecule has 0 spiro atoms. The highest BCUT2D eigenvalue weighted by atomic mass is 35.5. The molecule has 0 atom stereocenters. The van der Waals surface area contributed by atoms with Crippen molar-refractivity contribution in [3.63, 3.8) is 0 Å². The van der Waals surface area contributed by atoms with Gasteiger partial charge in [-0.3, -0.25) is 4.79 Å². The third kappa shape index (κ3) is 3.26. The normalized spacial score (nSPS) is 10.5. The van der Waals surface area contributed by atoms with Crippen molar-refractivity contribution in [1.29, 1.82) is 0 Å². The highest BCUT2D eigenvalue weighted by Crippen LogP contribution is 2.24. The van der Waals surface area contributed by atoms with Crippen LogP contribution in [0.1, 0.15) is 24.2 Å².